The molecule has 0 atom stereocenters. The topological polar surface area (TPSA) is 43.7 Å². The zero-order valence-electron chi connectivity index (χ0n) is 17.3. The molecule has 0 aliphatic heterocycles. The van der Waals surface area contributed by atoms with E-state index in [0.717, 1.165) is 40.3 Å². The van der Waals surface area contributed by atoms with Gasteiger partial charge in [0.1, 0.15) is 12.4 Å². The number of aromatic nitrogens is 1. The fourth-order valence-corrected chi connectivity index (χ4v) is 2.93. The van der Waals surface area contributed by atoms with Crippen LogP contribution in [0, 0.1) is 18.9 Å². The minimum atomic E-state index is 0.391. The fraction of sp³-hybridized carbons (Fsp3) is 0.280. The lowest BCUT2D eigenvalue weighted by molar-refractivity contribution is 0.106. The van der Waals surface area contributed by atoms with Crippen LogP contribution in [0.5, 0.6) is 5.75 Å². The number of rotatable bonds is 9. The molecule has 0 aliphatic rings. The predicted octanol–water partition coefficient (Wildman–Crippen LogP) is 5.70. The van der Waals surface area contributed by atoms with Gasteiger partial charge in [-0.05, 0) is 54.7 Å². The summed E-state index contributed by atoms with van der Waals surface area (Å²) in [7, 11) is 0. The number of aryl methyl sites for hydroxylation is 1. The van der Waals surface area contributed by atoms with Gasteiger partial charge in [-0.1, -0.05) is 61.5 Å². The molecular formula is C25H27N2O2. The molecule has 1 heterocycles. The zero-order chi connectivity index (χ0) is 20.5. The quantitative estimate of drug-likeness (QED) is 0.269. The second-order valence-electron chi connectivity index (χ2n) is 7.27. The van der Waals surface area contributed by atoms with Crippen molar-refractivity contribution in [3.05, 3.63) is 84.1 Å². The molecular weight excluding hydrogens is 360 g/mol. The maximum atomic E-state index is 5.74. The van der Waals surface area contributed by atoms with Crippen LogP contribution in [0.15, 0.2) is 72.0 Å². The Morgan fingerprint density at radius 2 is 1.86 bits per heavy atom. The van der Waals surface area contributed by atoms with Gasteiger partial charge in [-0.3, -0.25) is 4.98 Å². The monoisotopic (exact) mass is 387 g/mol. The lowest BCUT2D eigenvalue weighted by Crippen LogP contribution is -2.09. The Morgan fingerprint density at radius 1 is 1.03 bits per heavy atom. The molecule has 0 amide bonds. The predicted molar refractivity (Wildman–Crippen MR) is 117 cm³/mol. The fourth-order valence-electron chi connectivity index (χ4n) is 2.93. The van der Waals surface area contributed by atoms with Crippen LogP contribution in [-0.2, 0) is 4.84 Å². The van der Waals surface area contributed by atoms with Crippen molar-refractivity contribution in [1.82, 2.24) is 4.98 Å². The molecule has 2 aromatic carbocycles. The molecule has 0 spiro atoms. The second-order valence-corrected chi connectivity index (χ2v) is 7.27. The first-order chi connectivity index (χ1) is 14.1. The largest absolute Gasteiger partial charge is 0.490 e. The molecule has 0 bridgehead atoms. The van der Waals surface area contributed by atoms with E-state index in [-0.39, 0.29) is 0 Å². The molecule has 0 N–H and O–H groups in total. The van der Waals surface area contributed by atoms with E-state index < -0.39 is 0 Å². The molecule has 0 unspecified atom stereocenters. The van der Waals surface area contributed by atoms with Crippen molar-refractivity contribution >= 4 is 5.71 Å². The van der Waals surface area contributed by atoms with E-state index in [1.807, 2.05) is 43.3 Å². The number of oxime groups is 1. The Hall–Kier alpha value is -3.14. The van der Waals surface area contributed by atoms with Crippen LogP contribution in [-0.4, -0.2) is 23.9 Å². The van der Waals surface area contributed by atoms with Crippen LogP contribution >= 0.6 is 0 Å². The van der Waals surface area contributed by atoms with Crippen molar-refractivity contribution in [2.75, 3.05) is 13.2 Å². The van der Waals surface area contributed by atoms with E-state index in [1.54, 1.807) is 6.20 Å². The van der Waals surface area contributed by atoms with Gasteiger partial charge in [-0.25, -0.2) is 0 Å². The third kappa shape index (κ3) is 6.18. The molecule has 149 valence electrons. The summed E-state index contributed by atoms with van der Waals surface area (Å²) in [5.74, 6) is 1.30. The van der Waals surface area contributed by atoms with E-state index in [4.69, 9.17) is 9.57 Å². The minimum absolute atomic E-state index is 0.391. The standard InChI is InChI=1S/C25H27N2O2/c1-19(2)18-24(27-29-17-16-28-25-10-5-4-8-20(25)3)22-13-11-21(12-14-22)23-9-6-7-15-26-23/h4-7,9-15,19H,16-18H2,1-3H3. The van der Waals surface area contributed by atoms with Crippen molar-refractivity contribution in [1.29, 1.82) is 0 Å². The van der Waals surface area contributed by atoms with Gasteiger partial charge < -0.3 is 9.57 Å². The molecule has 1 radical (unpaired) electrons. The second kappa shape index (κ2) is 10.4. The van der Waals surface area contributed by atoms with Gasteiger partial charge in [0, 0.05) is 11.8 Å². The molecule has 0 saturated carbocycles. The molecule has 0 saturated heterocycles. The number of pyridine rings is 1. The molecule has 3 aromatic rings. The maximum absolute atomic E-state index is 5.74. The first kappa shape index (κ1) is 20.6. The molecule has 3 rings (SSSR count). The third-order valence-electron chi connectivity index (χ3n) is 4.40. The molecule has 0 fully saturated rings. The van der Waals surface area contributed by atoms with Crippen molar-refractivity contribution < 1.29 is 9.57 Å². The highest BCUT2D eigenvalue weighted by atomic mass is 16.6. The zero-order valence-corrected chi connectivity index (χ0v) is 17.3. The van der Waals surface area contributed by atoms with E-state index in [2.05, 4.69) is 54.3 Å². The summed E-state index contributed by atoms with van der Waals surface area (Å²) in [6, 6.07) is 23.1. The third-order valence-corrected chi connectivity index (χ3v) is 4.40. The summed E-state index contributed by atoms with van der Waals surface area (Å²) < 4.78 is 5.74. The summed E-state index contributed by atoms with van der Waals surface area (Å²) in [5, 5.41) is 4.40. The highest BCUT2D eigenvalue weighted by Gasteiger charge is 2.09. The van der Waals surface area contributed by atoms with Crippen LogP contribution in [0.3, 0.4) is 0 Å². The highest BCUT2D eigenvalue weighted by molar-refractivity contribution is 6.00. The number of benzene rings is 2. The summed E-state index contributed by atoms with van der Waals surface area (Å²) in [6.07, 6.45) is 2.65. The van der Waals surface area contributed by atoms with Gasteiger partial charge in [-0.2, -0.15) is 0 Å². The van der Waals surface area contributed by atoms with Crippen LogP contribution in [0.1, 0.15) is 31.4 Å². The normalized spacial score (nSPS) is 11.5. The van der Waals surface area contributed by atoms with Gasteiger partial charge in [0.25, 0.3) is 0 Å². The van der Waals surface area contributed by atoms with Gasteiger partial charge in [-0.15, -0.1) is 0 Å². The summed E-state index contributed by atoms with van der Waals surface area (Å²) in [5.41, 5.74) is 5.04. The Labute approximate surface area is 173 Å². The SMILES string of the molecule is Cc1[c]cccc1OCCON=C(CC(C)C)c1ccc(-c2ccccn2)cc1. The van der Waals surface area contributed by atoms with Crippen molar-refractivity contribution in [3.63, 3.8) is 0 Å². The Balaban J connectivity index is 1.62. The Morgan fingerprint density at radius 3 is 2.55 bits per heavy atom. The molecule has 29 heavy (non-hydrogen) atoms. The van der Waals surface area contributed by atoms with Gasteiger partial charge in [0.05, 0.1) is 11.4 Å². The van der Waals surface area contributed by atoms with E-state index in [9.17, 15) is 0 Å². The van der Waals surface area contributed by atoms with Crippen LogP contribution in [0.2, 0.25) is 0 Å². The number of hydrogen-bond donors (Lipinski definition) is 0. The lowest BCUT2D eigenvalue weighted by atomic mass is 9.99. The summed E-state index contributed by atoms with van der Waals surface area (Å²) in [4.78, 5) is 9.97. The van der Waals surface area contributed by atoms with Crippen molar-refractivity contribution in [2.45, 2.75) is 27.2 Å². The van der Waals surface area contributed by atoms with Gasteiger partial charge >= 0.3 is 0 Å². The summed E-state index contributed by atoms with van der Waals surface area (Å²) >= 11 is 0. The first-order valence-corrected chi connectivity index (χ1v) is 9.94. The van der Waals surface area contributed by atoms with E-state index in [0.29, 0.717) is 19.1 Å². The first-order valence-electron chi connectivity index (χ1n) is 9.94. The molecule has 4 heteroatoms. The number of nitrogens with zero attached hydrogens (tertiary/aromatic N) is 2. The highest BCUT2D eigenvalue weighted by Crippen LogP contribution is 2.19. The Kier molecular flexibility index (Phi) is 7.40. The van der Waals surface area contributed by atoms with Crippen molar-refractivity contribution in [3.8, 4) is 17.0 Å². The molecule has 4 nitrogen and oxygen atoms in total. The number of ether oxygens (including phenoxy) is 1. The average Bonchev–Trinajstić information content (AvgIpc) is 2.74. The molecule has 0 aliphatic carbocycles. The summed E-state index contributed by atoms with van der Waals surface area (Å²) in [6.45, 7) is 7.16. The lowest BCUT2D eigenvalue weighted by Gasteiger charge is -2.11. The average molecular weight is 388 g/mol. The Bertz CT molecular complexity index is 919. The van der Waals surface area contributed by atoms with E-state index in [1.165, 1.54) is 0 Å². The van der Waals surface area contributed by atoms with Crippen LogP contribution in [0.25, 0.3) is 11.3 Å². The van der Waals surface area contributed by atoms with Crippen molar-refractivity contribution in [2.24, 2.45) is 11.1 Å². The van der Waals surface area contributed by atoms with Gasteiger partial charge in [0.15, 0.2) is 6.61 Å². The van der Waals surface area contributed by atoms with Crippen LogP contribution < -0.4 is 4.74 Å². The minimum Gasteiger partial charge on any atom is -0.490 e. The molecule has 1 aromatic heterocycles. The maximum Gasteiger partial charge on any atom is 0.151 e. The smallest absolute Gasteiger partial charge is 0.151 e. The number of hydrogen-bond acceptors (Lipinski definition) is 4. The van der Waals surface area contributed by atoms with Crippen LogP contribution in [0.4, 0.5) is 0 Å². The van der Waals surface area contributed by atoms with Gasteiger partial charge in [0.2, 0.25) is 0 Å². The van der Waals surface area contributed by atoms with E-state index >= 15 is 0 Å².